The number of benzene rings is 2. The van der Waals surface area contributed by atoms with Gasteiger partial charge in [-0.25, -0.2) is 0 Å². The standard InChI is InChI=1S/C21H23ClN2O5/c1-2-28-21(27)14-24(13-16-6-4-3-5-7-16)20(26)12-23-19(25)15-29-18-10-8-17(22)9-11-18/h3-11H,2,12-15H2,1H3,(H,23,25). The van der Waals surface area contributed by atoms with Crippen molar-refractivity contribution in [2.75, 3.05) is 26.3 Å². The van der Waals surface area contributed by atoms with E-state index in [-0.39, 0.29) is 32.8 Å². The maximum absolute atomic E-state index is 12.6. The highest BCUT2D eigenvalue weighted by Gasteiger charge is 2.19. The quantitative estimate of drug-likeness (QED) is 0.599. The molecule has 0 atom stereocenters. The molecule has 29 heavy (non-hydrogen) atoms. The zero-order valence-corrected chi connectivity index (χ0v) is 16.9. The SMILES string of the molecule is CCOC(=O)CN(Cc1ccccc1)C(=O)CNC(=O)COc1ccc(Cl)cc1. The minimum absolute atomic E-state index is 0.196. The van der Waals surface area contributed by atoms with E-state index in [9.17, 15) is 14.4 Å². The van der Waals surface area contributed by atoms with Crippen LogP contribution in [0.1, 0.15) is 12.5 Å². The molecule has 2 aromatic carbocycles. The Balaban J connectivity index is 1.87. The number of carbonyl (C=O) groups is 3. The van der Waals surface area contributed by atoms with Crippen molar-refractivity contribution in [2.45, 2.75) is 13.5 Å². The van der Waals surface area contributed by atoms with E-state index in [0.29, 0.717) is 10.8 Å². The van der Waals surface area contributed by atoms with Crippen LogP contribution >= 0.6 is 11.6 Å². The van der Waals surface area contributed by atoms with Crippen LogP contribution in [-0.2, 0) is 25.7 Å². The summed E-state index contributed by atoms with van der Waals surface area (Å²) in [6, 6.07) is 15.8. The lowest BCUT2D eigenvalue weighted by Gasteiger charge is -2.22. The normalized spacial score (nSPS) is 10.1. The van der Waals surface area contributed by atoms with Gasteiger partial charge in [-0.05, 0) is 36.8 Å². The monoisotopic (exact) mass is 418 g/mol. The number of carbonyl (C=O) groups excluding carboxylic acids is 3. The van der Waals surface area contributed by atoms with Crippen LogP contribution in [0.2, 0.25) is 5.02 Å². The number of amides is 2. The van der Waals surface area contributed by atoms with Crippen LogP contribution in [0.5, 0.6) is 5.75 Å². The van der Waals surface area contributed by atoms with Crippen molar-refractivity contribution in [1.29, 1.82) is 0 Å². The Morgan fingerprint density at radius 3 is 2.38 bits per heavy atom. The summed E-state index contributed by atoms with van der Waals surface area (Å²) in [5.41, 5.74) is 0.863. The molecule has 0 aliphatic rings. The molecule has 2 rings (SSSR count). The fraction of sp³-hybridized carbons (Fsp3) is 0.286. The van der Waals surface area contributed by atoms with E-state index in [0.717, 1.165) is 5.56 Å². The van der Waals surface area contributed by atoms with Crippen LogP contribution in [0, 0.1) is 0 Å². The van der Waals surface area contributed by atoms with Crippen molar-refractivity contribution >= 4 is 29.4 Å². The number of hydrogen-bond donors (Lipinski definition) is 1. The fourth-order valence-corrected chi connectivity index (χ4v) is 2.54. The van der Waals surface area contributed by atoms with E-state index in [1.165, 1.54) is 4.90 Å². The van der Waals surface area contributed by atoms with E-state index < -0.39 is 17.8 Å². The summed E-state index contributed by atoms with van der Waals surface area (Å²) in [4.78, 5) is 37.7. The molecule has 154 valence electrons. The summed E-state index contributed by atoms with van der Waals surface area (Å²) in [5, 5.41) is 3.06. The van der Waals surface area contributed by atoms with Gasteiger partial charge in [-0.15, -0.1) is 0 Å². The van der Waals surface area contributed by atoms with E-state index in [1.807, 2.05) is 30.3 Å². The number of halogens is 1. The van der Waals surface area contributed by atoms with Crippen molar-refractivity contribution in [2.24, 2.45) is 0 Å². The van der Waals surface area contributed by atoms with Crippen molar-refractivity contribution in [1.82, 2.24) is 10.2 Å². The van der Waals surface area contributed by atoms with Crippen LogP contribution in [0.15, 0.2) is 54.6 Å². The van der Waals surface area contributed by atoms with Gasteiger partial charge in [-0.2, -0.15) is 0 Å². The van der Waals surface area contributed by atoms with Gasteiger partial charge in [0.25, 0.3) is 5.91 Å². The first-order valence-corrected chi connectivity index (χ1v) is 9.48. The number of nitrogens with zero attached hydrogens (tertiary/aromatic N) is 1. The van der Waals surface area contributed by atoms with Gasteiger partial charge in [0.1, 0.15) is 12.3 Å². The zero-order chi connectivity index (χ0) is 21.1. The molecule has 2 aromatic rings. The highest BCUT2D eigenvalue weighted by molar-refractivity contribution is 6.30. The molecule has 0 saturated carbocycles. The summed E-state index contributed by atoms with van der Waals surface area (Å²) >= 11 is 5.79. The Hall–Kier alpha value is -3.06. The first kappa shape index (κ1) is 22.2. The van der Waals surface area contributed by atoms with E-state index in [4.69, 9.17) is 21.1 Å². The van der Waals surface area contributed by atoms with Gasteiger partial charge in [0.15, 0.2) is 6.61 Å². The number of rotatable bonds is 10. The summed E-state index contributed by atoms with van der Waals surface area (Å²) in [7, 11) is 0. The van der Waals surface area contributed by atoms with Crippen molar-refractivity contribution in [3.63, 3.8) is 0 Å². The third kappa shape index (κ3) is 8.23. The van der Waals surface area contributed by atoms with Gasteiger partial charge in [-0.1, -0.05) is 41.9 Å². The minimum atomic E-state index is -0.505. The minimum Gasteiger partial charge on any atom is -0.484 e. The molecular formula is C21H23ClN2O5. The van der Waals surface area contributed by atoms with Crippen LogP contribution in [0.3, 0.4) is 0 Å². The summed E-state index contributed by atoms with van der Waals surface area (Å²) in [6.45, 7) is 1.46. The molecule has 0 saturated heterocycles. The molecule has 0 spiro atoms. The molecule has 1 N–H and O–H groups in total. The Morgan fingerprint density at radius 1 is 1.03 bits per heavy atom. The van der Waals surface area contributed by atoms with Crippen LogP contribution in [0.4, 0.5) is 0 Å². The van der Waals surface area contributed by atoms with Crippen LogP contribution in [-0.4, -0.2) is 49.0 Å². The third-order valence-corrected chi connectivity index (χ3v) is 4.07. The molecule has 0 aromatic heterocycles. The van der Waals surface area contributed by atoms with Crippen LogP contribution in [0.25, 0.3) is 0 Å². The second-order valence-electron chi connectivity index (χ2n) is 6.06. The van der Waals surface area contributed by atoms with Crippen molar-refractivity contribution < 1.29 is 23.9 Å². The second kappa shape index (κ2) is 11.7. The fourth-order valence-electron chi connectivity index (χ4n) is 2.42. The van der Waals surface area contributed by atoms with E-state index in [2.05, 4.69) is 5.32 Å². The molecule has 0 unspecified atom stereocenters. The highest BCUT2D eigenvalue weighted by atomic mass is 35.5. The maximum atomic E-state index is 12.6. The Labute approximate surface area is 174 Å². The molecule has 0 aliphatic heterocycles. The van der Waals surface area contributed by atoms with E-state index in [1.54, 1.807) is 31.2 Å². The predicted octanol–water partition coefficient (Wildman–Crippen LogP) is 2.43. The van der Waals surface area contributed by atoms with Gasteiger partial charge in [0, 0.05) is 11.6 Å². The Kier molecular flexibility index (Phi) is 8.98. The number of esters is 1. The highest BCUT2D eigenvalue weighted by Crippen LogP contribution is 2.15. The van der Waals surface area contributed by atoms with E-state index >= 15 is 0 Å². The summed E-state index contributed by atoms with van der Waals surface area (Å²) in [5.74, 6) is -0.871. The van der Waals surface area contributed by atoms with Crippen molar-refractivity contribution in [3.8, 4) is 5.75 Å². The molecule has 0 radical (unpaired) electrons. The summed E-state index contributed by atoms with van der Waals surface area (Å²) in [6.07, 6.45) is 0. The van der Waals surface area contributed by atoms with Gasteiger partial charge >= 0.3 is 5.97 Å². The average molecular weight is 419 g/mol. The third-order valence-electron chi connectivity index (χ3n) is 3.81. The molecule has 0 fully saturated rings. The average Bonchev–Trinajstić information content (AvgIpc) is 2.72. The van der Waals surface area contributed by atoms with Gasteiger partial charge in [0.05, 0.1) is 13.2 Å². The largest absolute Gasteiger partial charge is 0.484 e. The lowest BCUT2D eigenvalue weighted by atomic mass is 10.2. The topological polar surface area (TPSA) is 84.9 Å². The first-order valence-electron chi connectivity index (χ1n) is 9.10. The molecule has 8 heteroatoms. The molecule has 7 nitrogen and oxygen atoms in total. The molecule has 0 aliphatic carbocycles. The van der Waals surface area contributed by atoms with Gasteiger partial charge in [0.2, 0.25) is 5.91 Å². The van der Waals surface area contributed by atoms with Gasteiger partial charge < -0.3 is 19.7 Å². The number of ether oxygens (including phenoxy) is 2. The Bertz CT molecular complexity index is 812. The predicted molar refractivity (Wildman–Crippen MR) is 108 cm³/mol. The molecule has 0 bridgehead atoms. The lowest BCUT2D eigenvalue weighted by Crippen LogP contribution is -2.43. The lowest BCUT2D eigenvalue weighted by molar-refractivity contribution is -0.149. The number of hydrogen-bond acceptors (Lipinski definition) is 5. The molecule has 2 amide bonds. The molecule has 0 heterocycles. The molecular weight excluding hydrogens is 396 g/mol. The van der Waals surface area contributed by atoms with Crippen LogP contribution < -0.4 is 10.1 Å². The second-order valence-corrected chi connectivity index (χ2v) is 6.50. The van der Waals surface area contributed by atoms with Crippen molar-refractivity contribution in [3.05, 3.63) is 65.2 Å². The smallest absolute Gasteiger partial charge is 0.325 e. The first-order chi connectivity index (χ1) is 14.0. The number of nitrogens with one attached hydrogen (secondary N) is 1. The maximum Gasteiger partial charge on any atom is 0.325 e. The van der Waals surface area contributed by atoms with Gasteiger partial charge in [-0.3, -0.25) is 14.4 Å². The Morgan fingerprint density at radius 2 is 1.72 bits per heavy atom. The zero-order valence-electron chi connectivity index (χ0n) is 16.1. The summed E-state index contributed by atoms with van der Waals surface area (Å²) < 4.78 is 10.3.